The van der Waals surface area contributed by atoms with Gasteiger partial charge >= 0.3 is 0 Å². The highest BCUT2D eigenvalue weighted by molar-refractivity contribution is 6.47. The molecule has 0 nitrogen and oxygen atoms in total. The van der Waals surface area contributed by atoms with Gasteiger partial charge in [0.15, 0.2) is 0 Å². The second-order valence-electron chi connectivity index (χ2n) is 6.64. The van der Waals surface area contributed by atoms with E-state index in [-0.39, 0.29) is 0 Å². The van der Waals surface area contributed by atoms with Gasteiger partial charge in [-0.2, -0.15) is 0 Å². The highest BCUT2D eigenvalue weighted by Gasteiger charge is 2.17. The summed E-state index contributed by atoms with van der Waals surface area (Å²) in [6.45, 7) is 7.09. The number of hydrogen-bond donors (Lipinski definition) is 0. The molecule has 0 unspecified atom stereocenters. The van der Waals surface area contributed by atoms with Crippen LogP contribution in [0.5, 0.6) is 0 Å². The predicted octanol–water partition coefficient (Wildman–Crippen LogP) is 4.83. The molecule has 0 heterocycles. The van der Waals surface area contributed by atoms with E-state index in [2.05, 4.69) is 74.6 Å². The van der Waals surface area contributed by atoms with Crippen LogP contribution < -0.4 is 5.22 Å². The Balaban J connectivity index is 2.19. The maximum Gasteiger partial charge on any atom is 0.0136 e. The first kappa shape index (κ1) is 14.6. The average Bonchev–Trinajstić information content (AvgIpc) is 3.17. The molecule has 1 heteroatoms. The van der Waals surface area contributed by atoms with Crippen molar-refractivity contribution in [1.82, 2.24) is 0 Å². The monoisotopic (exact) mass is 314 g/mol. The maximum absolute atomic E-state index is 2.41. The number of benzene rings is 2. The third kappa shape index (κ3) is 2.22. The van der Waals surface area contributed by atoms with Gasteiger partial charge in [0, 0.05) is 8.41 Å². The van der Waals surface area contributed by atoms with Crippen molar-refractivity contribution in [2.45, 2.75) is 32.9 Å². The van der Waals surface area contributed by atoms with Crippen LogP contribution in [-0.2, 0) is 0 Å². The molecule has 0 spiro atoms. The SMILES string of the molecule is CCC1=C(c2c3c(ccc2=[Si](C)C)=c2ccccc2=C3)CC=C1. The van der Waals surface area contributed by atoms with Gasteiger partial charge in [0.25, 0.3) is 0 Å². The van der Waals surface area contributed by atoms with Crippen molar-refractivity contribution in [1.29, 1.82) is 0 Å². The Bertz CT molecular complexity index is 1080. The van der Waals surface area contributed by atoms with Gasteiger partial charge in [0.05, 0.1) is 0 Å². The van der Waals surface area contributed by atoms with Crippen molar-refractivity contribution < 1.29 is 0 Å². The fraction of sp³-hybridized carbons (Fsp3) is 0.227. The topological polar surface area (TPSA) is 0 Å². The summed E-state index contributed by atoms with van der Waals surface area (Å²) in [5.41, 5.74) is 6.08. The Morgan fingerprint density at radius 2 is 1.83 bits per heavy atom. The van der Waals surface area contributed by atoms with E-state index in [1.54, 1.807) is 16.0 Å². The van der Waals surface area contributed by atoms with Crippen molar-refractivity contribution in [3.8, 4) is 0 Å². The number of hydrogen-bond acceptors (Lipinski definition) is 0. The largest absolute Gasteiger partial charge is 0.0798 e. The van der Waals surface area contributed by atoms with Gasteiger partial charge in [-0.3, -0.25) is 0 Å². The van der Waals surface area contributed by atoms with Crippen LogP contribution in [-0.4, -0.2) is 8.41 Å². The zero-order chi connectivity index (χ0) is 16.0. The molecule has 0 fully saturated rings. The van der Waals surface area contributed by atoms with Crippen molar-refractivity contribution in [3.05, 3.63) is 85.7 Å². The summed E-state index contributed by atoms with van der Waals surface area (Å²) in [7, 11) is -0.499. The lowest BCUT2D eigenvalue weighted by molar-refractivity contribution is 1.15. The quantitative estimate of drug-likeness (QED) is 0.595. The van der Waals surface area contributed by atoms with E-state index in [4.69, 9.17) is 0 Å². The molecule has 2 aromatic carbocycles. The van der Waals surface area contributed by atoms with Gasteiger partial charge in [0.1, 0.15) is 0 Å². The standard InChI is InChI=1S/C22H22Si/c1-4-15-9-7-11-18(15)22-20-14-16-8-5-6-10-17(16)19(20)12-13-21(22)23(2)3/h5-10,12-14H,4,11H2,1-3H3. The molecule has 0 N–H and O–H groups in total. The lowest BCUT2D eigenvalue weighted by Crippen LogP contribution is -1.99. The molecule has 0 atom stereocenters. The van der Waals surface area contributed by atoms with E-state index in [1.165, 1.54) is 26.8 Å². The molecule has 114 valence electrons. The highest BCUT2D eigenvalue weighted by Crippen LogP contribution is 2.34. The second kappa shape index (κ2) is 5.57. The second-order valence-corrected chi connectivity index (χ2v) is 9.18. The molecule has 4 rings (SSSR count). The summed E-state index contributed by atoms with van der Waals surface area (Å²) < 4.78 is 0. The first-order chi connectivity index (χ1) is 11.2. The van der Waals surface area contributed by atoms with Crippen molar-refractivity contribution in [3.63, 3.8) is 0 Å². The molecule has 2 aromatic rings. The van der Waals surface area contributed by atoms with Gasteiger partial charge in [-0.15, -0.1) is 0 Å². The Labute approximate surface area is 139 Å². The average molecular weight is 315 g/mol. The van der Waals surface area contributed by atoms with E-state index in [9.17, 15) is 0 Å². The van der Waals surface area contributed by atoms with Gasteiger partial charge < -0.3 is 0 Å². The summed E-state index contributed by atoms with van der Waals surface area (Å²) in [5.74, 6) is 0. The third-order valence-corrected chi connectivity index (χ3v) is 6.54. The molecule has 2 aliphatic rings. The van der Waals surface area contributed by atoms with Crippen LogP contribution in [0.3, 0.4) is 0 Å². The van der Waals surface area contributed by atoms with Crippen molar-refractivity contribution in [2.24, 2.45) is 0 Å². The predicted molar refractivity (Wildman–Crippen MR) is 101 cm³/mol. The molecular formula is C22H22Si. The van der Waals surface area contributed by atoms with Crippen LogP contribution in [0.15, 0.2) is 54.1 Å². The van der Waals surface area contributed by atoms with Gasteiger partial charge in [-0.05, 0) is 61.7 Å². The Morgan fingerprint density at radius 1 is 1.00 bits per heavy atom. The van der Waals surface area contributed by atoms with Crippen molar-refractivity contribution in [2.75, 3.05) is 0 Å². The molecular weight excluding hydrogens is 292 g/mol. The van der Waals surface area contributed by atoms with Gasteiger partial charge in [-0.25, -0.2) is 0 Å². The first-order valence-corrected chi connectivity index (χ1v) is 11.0. The van der Waals surface area contributed by atoms with E-state index >= 15 is 0 Å². The van der Waals surface area contributed by atoms with Gasteiger partial charge in [-0.1, -0.05) is 68.6 Å². The van der Waals surface area contributed by atoms with E-state index in [0.717, 1.165) is 12.8 Å². The Morgan fingerprint density at radius 3 is 2.61 bits per heavy atom. The molecule has 0 saturated carbocycles. The normalized spacial score (nSPS) is 14.7. The fourth-order valence-corrected chi connectivity index (χ4v) is 5.12. The zero-order valence-electron chi connectivity index (χ0n) is 14.1. The minimum absolute atomic E-state index is 0.499. The van der Waals surface area contributed by atoms with E-state index < -0.39 is 8.41 Å². The minimum Gasteiger partial charge on any atom is -0.0798 e. The number of allylic oxidation sites excluding steroid dienone is 4. The lowest BCUT2D eigenvalue weighted by atomic mass is 9.94. The number of rotatable bonds is 2. The van der Waals surface area contributed by atoms with Crippen LogP contribution >= 0.6 is 0 Å². The van der Waals surface area contributed by atoms with Crippen LogP contribution in [0.2, 0.25) is 13.1 Å². The maximum atomic E-state index is 2.41. The van der Waals surface area contributed by atoms with Crippen LogP contribution in [0.1, 0.15) is 30.9 Å². The smallest absolute Gasteiger partial charge is 0.0136 e. The van der Waals surface area contributed by atoms with Crippen molar-refractivity contribution >= 4 is 20.1 Å². The van der Waals surface area contributed by atoms with Crippen LogP contribution in [0.25, 0.3) is 11.6 Å². The highest BCUT2D eigenvalue weighted by atomic mass is 28.2. The molecule has 0 amide bonds. The van der Waals surface area contributed by atoms with E-state index in [0.29, 0.717) is 0 Å². The third-order valence-electron chi connectivity index (χ3n) is 5.05. The minimum atomic E-state index is -0.499. The molecule has 0 radical (unpaired) electrons. The van der Waals surface area contributed by atoms with Gasteiger partial charge in [0.2, 0.25) is 0 Å². The fourth-order valence-electron chi connectivity index (χ4n) is 3.91. The summed E-state index contributed by atoms with van der Waals surface area (Å²) in [6.07, 6.45) is 9.28. The van der Waals surface area contributed by atoms with Crippen LogP contribution in [0, 0.1) is 15.3 Å². The summed E-state index contributed by atoms with van der Waals surface area (Å²) in [6, 6.07) is 13.5. The molecule has 2 aliphatic carbocycles. The summed E-state index contributed by atoms with van der Waals surface area (Å²) >= 11 is 0. The molecule has 23 heavy (non-hydrogen) atoms. The molecule has 0 aliphatic heterocycles. The van der Waals surface area contributed by atoms with Crippen LogP contribution in [0.4, 0.5) is 0 Å². The Kier molecular flexibility index (Phi) is 3.54. The zero-order valence-corrected chi connectivity index (χ0v) is 15.1. The number of fused-ring (bicyclic) bond motifs is 2. The molecule has 0 bridgehead atoms. The summed E-state index contributed by atoms with van der Waals surface area (Å²) in [5, 5.41) is 4.17. The molecule has 0 saturated heterocycles. The van der Waals surface area contributed by atoms with E-state index in [1.807, 2.05) is 0 Å². The first-order valence-electron chi connectivity index (χ1n) is 8.51. The lowest BCUT2D eigenvalue weighted by Gasteiger charge is -2.13. The molecule has 0 aromatic heterocycles. The Hall–Kier alpha value is -1.99. The summed E-state index contributed by atoms with van der Waals surface area (Å²) in [4.78, 5) is 1.59.